The number of nitrogens with two attached hydrogens (primary N) is 1. The highest BCUT2D eigenvalue weighted by molar-refractivity contribution is 6.34. The van der Waals surface area contributed by atoms with Gasteiger partial charge in [-0.3, -0.25) is 9.59 Å². The van der Waals surface area contributed by atoms with Crippen molar-refractivity contribution in [2.75, 3.05) is 18.4 Å². The maximum absolute atomic E-state index is 12.5. The molecule has 1 aliphatic rings. The molecule has 24 heavy (non-hydrogen) atoms. The number of halogens is 1. The Morgan fingerprint density at radius 3 is 2.50 bits per heavy atom. The summed E-state index contributed by atoms with van der Waals surface area (Å²) in [5, 5.41) is 3.11. The minimum absolute atomic E-state index is 0.0471. The van der Waals surface area contributed by atoms with Crippen LogP contribution >= 0.6 is 11.6 Å². The molecular weight excluding hydrogens is 326 g/mol. The number of nitrogens with zero attached hydrogens (tertiary/aromatic N) is 1. The number of benzene rings is 1. The Labute approximate surface area is 148 Å². The summed E-state index contributed by atoms with van der Waals surface area (Å²) in [6.07, 6.45) is 3.85. The Kier molecular flexibility index (Phi) is 6.63. The Morgan fingerprint density at radius 2 is 1.92 bits per heavy atom. The minimum Gasteiger partial charge on any atom is -0.339 e. The lowest BCUT2D eigenvalue weighted by Crippen LogP contribution is -2.37. The SMILES string of the molecule is CC(C)C[C@H](N)C(=O)Nc1ccc(C(=O)N2CCCCC2)c(Cl)c1. The average Bonchev–Trinajstić information content (AvgIpc) is 2.54. The van der Waals surface area contributed by atoms with Crippen molar-refractivity contribution < 1.29 is 9.59 Å². The van der Waals surface area contributed by atoms with Crippen LogP contribution in [0.25, 0.3) is 0 Å². The van der Waals surface area contributed by atoms with Gasteiger partial charge in [-0.2, -0.15) is 0 Å². The van der Waals surface area contributed by atoms with Gasteiger partial charge in [-0.25, -0.2) is 0 Å². The highest BCUT2D eigenvalue weighted by atomic mass is 35.5. The maximum Gasteiger partial charge on any atom is 0.255 e. The lowest BCUT2D eigenvalue weighted by molar-refractivity contribution is -0.117. The number of amides is 2. The van der Waals surface area contributed by atoms with Crippen molar-refractivity contribution in [1.82, 2.24) is 4.90 Å². The van der Waals surface area contributed by atoms with E-state index in [4.69, 9.17) is 17.3 Å². The van der Waals surface area contributed by atoms with E-state index >= 15 is 0 Å². The molecule has 1 aromatic carbocycles. The van der Waals surface area contributed by atoms with Gasteiger partial charge in [0.05, 0.1) is 16.6 Å². The van der Waals surface area contributed by atoms with Crippen LogP contribution in [-0.4, -0.2) is 35.8 Å². The Hall–Kier alpha value is -1.59. The summed E-state index contributed by atoms with van der Waals surface area (Å²) in [6.45, 7) is 5.59. The fraction of sp³-hybridized carbons (Fsp3) is 0.556. The number of anilines is 1. The minimum atomic E-state index is -0.557. The summed E-state index contributed by atoms with van der Waals surface area (Å²) < 4.78 is 0. The van der Waals surface area contributed by atoms with Crippen molar-refractivity contribution in [3.8, 4) is 0 Å². The molecule has 0 aromatic heterocycles. The first-order valence-corrected chi connectivity index (χ1v) is 8.91. The van der Waals surface area contributed by atoms with Gasteiger partial charge in [-0.15, -0.1) is 0 Å². The molecule has 0 aliphatic carbocycles. The van der Waals surface area contributed by atoms with Crippen molar-refractivity contribution in [2.24, 2.45) is 11.7 Å². The summed E-state index contributed by atoms with van der Waals surface area (Å²) in [4.78, 5) is 26.4. The van der Waals surface area contributed by atoms with E-state index < -0.39 is 6.04 Å². The van der Waals surface area contributed by atoms with Crippen molar-refractivity contribution in [1.29, 1.82) is 0 Å². The summed E-state index contributed by atoms with van der Waals surface area (Å²) in [7, 11) is 0. The number of carbonyl (C=O) groups excluding carboxylic acids is 2. The predicted molar refractivity (Wildman–Crippen MR) is 97.3 cm³/mol. The number of piperidine rings is 1. The first-order chi connectivity index (χ1) is 11.4. The number of likely N-dealkylation sites (tertiary alicyclic amines) is 1. The molecule has 1 saturated heterocycles. The molecule has 0 unspecified atom stereocenters. The van der Waals surface area contributed by atoms with Gasteiger partial charge in [0, 0.05) is 18.8 Å². The lowest BCUT2D eigenvalue weighted by Gasteiger charge is -2.27. The van der Waals surface area contributed by atoms with Gasteiger partial charge in [0.25, 0.3) is 5.91 Å². The molecule has 0 saturated carbocycles. The third kappa shape index (κ3) is 4.95. The highest BCUT2D eigenvalue weighted by Crippen LogP contribution is 2.24. The summed E-state index contributed by atoms with van der Waals surface area (Å²) >= 11 is 6.26. The number of carbonyl (C=O) groups is 2. The molecule has 5 nitrogen and oxygen atoms in total. The lowest BCUT2D eigenvalue weighted by atomic mass is 10.0. The van der Waals surface area contributed by atoms with Crippen molar-refractivity contribution >= 4 is 29.1 Å². The van der Waals surface area contributed by atoms with Gasteiger partial charge in [0.15, 0.2) is 0 Å². The summed E-state index contributed by atoms with van der Waals surface area (Å²) in [6, 6.07) is 4.42. The Bertz CT molecular complexity index is 598. The van der Waals surface area contributed by atoms with Crippen molar-refractivity contribution in [2.45, 2.75) is 45.6 Å². The summed E-state index contributed by atoms with van der Waals surface area (Å²) in [5.74, 6) is 0.0582. The molecule has 0 bridgehead atoms. The van der Waals surface area contributed by atoms with E-state index in [1.165, 1.54) is 6.42 Å². The second-order valence-electron chi connectivity index (χ2n) is 6.77. The molecular formula is C18H26ClN3O2. The van der Waals surface area contributed by atoms with E-state index in [1.54, 1.807) is 18.2 Å². The van der Waals surface area contributed by atoms with Crippen LogP contribution in [0.15, 0.2) is 18.2 Å². The topological polar surface area (TPSA) is 75.4 Å². The molecule has 1 aliphatic heterocycles. The van der Waals surface area contributed by atoms with Crippen molar-refractivity contribution in [3.63, 3.8) is 0 Å². The van der Waals surface area contributed by atoms with Gasteiger partial charge >= 0.3 is 0 Å². The van der Waals surface area contributed by atoms with Crippen LogP contribution in [-0.2, 0) is 4.79 Å². The maximum atomic E-state index is 12.5. The largest absolute Gasteiger partial charge is 0.339 e. The fourth-order valence-corrected chi connectivity index (χ4v) is 3.14. The van der Waals surface area contributed by atoms with Gasteiger partial charge in [-0.1, -0.05) is 25.4 Å². The zero-order valence-electron chi connectivity index (χ0n) is 14.3. The van der Waals surface area contributed by atoms with E-state index in [0.717, 1.165) is 25.9 Å². The van der Waals surface area contributed by atoms with E-state index in [2.05, 4.69) is 5.32 Å². The van der Waals surface area contributed by atoms with Crippen molar-refractivity contribution in [3.05, 3.63) is 28.8 Å². The molecule has 2 rings (SSSR count). The standard InChI is InChI=1S/C18H26ClN3O2/c1-12(2)10-16(20)17(23)21-13-6-7-14(15(19)11-13)18(24)22-8-4-3-5-9-22/h6-7,11-12,16H,3-5,8-10,20H2,1-2H3,(H,21,23)/t16-/m0/s1. The first-order valence-electron chi connectivity index (χ1n) is 8.53. The Morgan fingerprint density at radius 1 is 1.25 bits per heavy atom. The molecule has 1 atom stereocenters. The average molecular weight is 352 g/mol. The molecule has 0 spiro atoms. The van der Waals surface area contributed by atoms with Crippen LogP contribution < -0.4 is 11.1 Å². The second-order valence-corrected chi connectivity index (χ2v) is 7.18. The molecule has 0 radical (unpaired) electrons. The van der Waals surface area contributed by atoms with Crippen LogP contribution in [0.5, 0.6) is 0 Å². The Balaban J connectivity index is 2.03. The molecule has 1 fully saturated rings. The fourth-order valence-electron chi connectivity index (χ4n) is 2.88. The molecule has 3 N–H and O–H groups in total. The molecule has 1 heterocycles. The van der Waals surface area contributed by atoms with Crippen LogP contribution in [0.2, 0.25) is 5.02 Å². The third-order valence-electron chi connectivity index (χ3n) is 4.17. The number of nitrogens with one attached hydrogen (secondary N) is 1. The molecule has 6 heteroatoms. The zero-order chi connectivity index (χ0) is 17.7. The monoisotopic (exact) mass is 351 g/mol. The molecule has 2 amide bonds. The number of hydrogen-bond acceptors (Lipinski definition) is 3. The van der Waals surface area contributed by atoms with Gasteiger partial charge in [0.2, 0.25) is 5.91 Å². The van der Waals surface area contributed by atoms with E-state index in [9.17, 15) is 9.59 Å². The smallest absolute Gasteiger partial charge is 0.255 e. The van der Waals surface area contributed by atoms with Crippen LogP contribution in [0, 0.1) is 5.92 Å². The number of hydrogen-bond donors (Lipinski definition) is 2. The van der Waals surface area contributed by atoms with E-state index in [0.29, 0.717) is 28.6 Å². The zero-order valence-corrected chi connectivity index (χ0v) is 15.1. The van der Waals surface area contributed by atoms with Gasteiger partial charge < -0.3 is 16.0 Å². The first kappa shape index (κ1) is 18.7. The van der Waals surface area contributed by atoms with Crippen LogP contribution in [0.1, 0.15) is 49.9 Å². The second kappa shape index (κ2) is 8.49. The summed E-state index contributed by atoms with van der Waals surface area (Å²) in [5.41, 5.74) is 6.90. The van der Waals surface area contributed by atoms with E-state index in [-0.39, 0.29) is 11.8 Å². The van der Waals surface area contributed by atoms with Gasteiger partial charge in [0.1, 0.15) is 0 Å². The quantitative estimate of drug-likeness (QED) is 0.854. The predicted octanol–water partition coefficient (Wildman–Crippen LogP) is 3.28. The highest BCUT2D eigenvalue weighted by Gasteiger charge is 2.21. The van der Waals surface area contributed by atoms with Crippen LogP contribution in [0.3, 0.4) is 0 Å². The van der Waals surface area contributed by atoms with E-state index in [1.807, 2.05) is 18.7 Å². The van der Waals surface area contributed by atoms with Crippen LogP contribution in [0.4, 0.5) is 5.69 Å². The number of rotatable bonds is 5. The normalized spacial score (nSPS) is 16.1. The third-order valence-corrected chi connectivity index (χ3v) is 4.49. The molecule has 1 aromatic rings. The molecule has 132 valence electrons. The van der Waals surface area contributed by atoms with Gasteiger partial charge in [-0.05, 0) is 49.8 Å².